The number of hydrogen-bond donors (Lipinski definition) is 2. The minimum absolute atomic E-state index is 0.0570. The summed E-state index contributed by atoms with van der Waals surface area (Å²) < 4.78 is 16.1. The predicted molar refractivity (Wildman–Crippen MR) is 105 cm³/mol. The van der Waals surface area contributed by atoms with E-state index in [2.05, 4.69) is 19.9 Å². The quantitative estimate of drug-likeness (QED) is 0.510. The van der Waals surface area contributed by atoms with E-state index in [4.69, 9.17) is 19.0 Å². The number of ether oxygens (including phenoxy) is 2. The highest BCUT2D eigenvalue weighted by Crippen LogP contribution is 2.37. The summed E-state index contributed by atoms with van der Waals surface area (Å²) in [6.45, 7) is 6.14. The number of aliphatic hydroxyl groups is 1. The van der Waals surface area contributed by atoms with Crippen molar-refractivity contribution in [2.24, 2.45) is 0 Å². The summed E-state index contributed by atoms with van der Waals surface area (Å²) in [7, 11) is 0. The van der Waals surface area contributed by atoms with E-state index in [0.29, 0.717) is 5.75 Å². The third-order valence-corrected chi connectivity index (χ3v) is 3.93. The minimum Gasteiger partial charge on any atom is -0.503 e. The predicted octanol–water partition coefficient (Wildman–Crippen LogP) is 3.94. The van der Waals surface area contributed by atoms with Crippen LogP contribution in [0.4, 0.5) is 0 Å². The van der Waals surface area contributed by atoms with E-state index >= 15 is 0 Å². The molecular weight excluding hydrogens is 348 g/mol. The molecule has 0 amide bonds. The van der Waals surface area contributed by atoms with Gasteiger partial charge in [-0.15, -0.1) is 0 Å². The van der Waals surface area contributed by atoms with Crippen molar-refractivity contribution >= 4 is 11.0 Å². The maximum absolute atomic E-state index is 12.1. The summed E-state index contributed by atoms with van der Waals surface area (Å²) >= 11 is 0. The first-order valence-corrected chi connectivity index (χ1v) is 8.88. The smallest absolute Gasteiger partial charge is 0.383 e. The third-order valence-electron chi connectivity index (χ3n) is 3.93. The van der Waals surface area contributed by atoms with E-state index in [0.717, 1.165) is 18.4 Å². The maximum atomic E-state index is 12.1. The highest BCUT2D eigenvalue weighted by atomic mass is 16.5. The van der Waals surface area contributed by atoms with Gasteiger partial charge in [0.2, 0.25) is 5.75 Å². The van der Waals surface area contributed by atoms with Crippen LogP contribution in [-0.2, 0) is 0 Å². The van der Waals surface area contributed by atoms with E-state index in [-0.39, 0.29) is 42.3 Å². The van der Waals surface area contributed by atoms with Crippen LogP contribution in [0.3, 0.4) is 0 Å². The molecule has 0 aliphatic heterocycles. The van der Waals surface area contributed by atoms with Crippen molar-refractivity contribution in [3.8, 4) is 17.2 Å². The fourth-order valence-electron chi connectivity index (χ4n) is 2.55. The normalized spacial score (nSPS) is 11.5. The summed E-state index contributed by atoms with van der Waals surface area (Å²) in [6.07, 6.45) is 5.87. The number of aliphatic hydroxyl groups excluding tert-OH is 1. The van der Waals surface area contributed by atoms with Crippen molar-refractivity contribution < 1.29 is 24.1 Å². The van der Waals surface area contributed by atoms with Gasteiger partial charge in [-0.3, -0.25) is 0 Å². The first-order chi connectivity index (χ1) is 12.9. The van der Waals surface area contributed by atoms with Crippen molar-refractivity contribution in [2.75, 3.05) is 19.8 Å². The summed E-state index contributed by atoms with van der Waals surface area (Å²) in [5, 5.41) is 19.7. The van der Waals surface area contributed by atoms with E-state index < -0.39 is 5.63 Å². The van der Waals surface area contributed by atoms with Crippen molar-refractivity contribution in [1.82, 2.24) is 0 Å². The monoisotopic (exact) mass is 374 g/mol. The SMILES string of the molecule is CC(C)=CCC/C(C)=C/COc1c(O)c2c(OCCO)cccc2oc1=O. The number of benzene rings is 1. The number of rotatable bonds is 9. The molecular formula is C21H26O6. The summed E-state index contributed by atoms with van der Waals surface area (Å²) in [5.41, 5.74) is 1.84. The van der Waals surface area contributed by atoms with Crippen LogP contribution in [0.15, 0.2) is 50.7 Å². The second kappa shape index (κ2) is 9.83. The maximum Gasteiger partial charge on any atom is 0.383 e. The molecule has 1 heterocycles. The fourth-order valence-corrected chi connectivity index (χ4v) is 2.55. The molecule has 0 aliphatic carbocycles. The average molecular weight is 374 g/mol. The Balaban J connectivity index is 2.20. The van der Waals surface area contributed by atoms with Crippen LogP contribution >= 0.6 is 0 Å². The zero-order chi connectivity index (χ0) is 19.8. The van der Waals surface area contributed by atoms with Crippen LogP contribution in [0.5, 0.6) is 17.2 Å². The lowest BCUT2D eigenvalue weighted by Crippen LogP contribution is -2.08. The van der Waals surface area contributed by atoms with Gasteiger partial charge in [0.25, 0.3) is 0 Å². The molecule has 0 fully saturated rings. The molecule has 0 saturated heterocycles. The standard InChI is InChI=1S/C21H26O6/c1-14(2)6-4-7-15(3)10-12-26-20-19(23)18-16(25-13-11-22)8-5-9-17(18)27-21(20)24/h5-6,8-10,22-23H,4,7,11-13H2,1-3H3/b15-10+. The van der Waals surface area contributed by atoms with Crippen molar-refractivity contribution in [1.29, 1.82) is 0 Å². The van der Waals surface area contributed by atoms with Crippen molar-refractivity contribution in [3.05, 3.63) is 51.9 Å². The molecule has 1 aromatic heterocycles. The van der Waals surface area contributed by atoms with Gasteiger partial charge in [0.15, 0.2) is 5.75 Å². The zero-order valence-electron chi connectivity index (χ0n) is 15.9. The van der Waals surface area contributed by atoms with E-state index in [1.54, 1.807) is 18.2 Å². The van der Waals surface area contributed by atoms with Crippen molar-refractivity contribution in [2.45, 2.75) is 33.6 Å². The van der Waals surface area contributed by atoms with Gasteiger partial charge in [-0.05, 0) is 51.8 Å². The highest BCUT2D eigenvalue weighted by Gasteiger charge is 2.18. The van der Waals surface area contributed by atoms with Gasteiger partial charge in [-0.2, -0.15) is 0 Å². The van der Waals surface area contributed by atoms with Crippen LogP contribution < -0.4 is 15.1 Å². The van der Waals surface area contributed by atoms with Gasteiger partial charge < -0.3 is 24.1 Å². The molecule has 0 spiro atoms. The van der Waals surface area contributed by atoms with Gasteiger partial charge in [0.1, 0.15) is 29.9 Å². The molecule has 27 heavy (non-hydrogen) atoms. The molecule has 2 rings (SSSR count). The number of fused-ring (bicyclic) bond motifs is 1. The highest BCUT2D eigenvalue weighted by molar-refractivity contribution is 5.91. The van der Waals surface area contributed by atoms with Crippen LogP contribution in [0.2, 0.25) is 0 Å². The number of aromatic hydroxyl groups is 1. The Morgan fingerprint density at radius 3 is 2.67 bits per heavy atom. The van der Waals surface area contributed by atoms with Crippen LogP contribution in [0.1, 0.15) is 33.6 Å². The topological polar surface area (TPSA) is 89.1 Å². The lowest BCUT2D eigenvalue weighted by Gasteiger charge is -2.11. The largest absolute Gasteiger partial charge is 0.503 e. The van der Waals surface area contributed by atoms with Crippen LogP contribution in [-0.4, -0.2) is 30.0 Å². The molecule has 0 unspecified atom stereocenters. The molecule has 1 aromatic carbocycles. The molecule has 146 valence electrons. The molecule has 2 aromatic rings. The van der Waals surface area contributed by atoms with Gasteiger partial charge in [-0.25, -0.2) is 4.79 Å². The first kappa shape index (κ1) is 20.6. The van der Waals surface area contributed by atoms with Gasteiger partial charge in [0, 0.05) is 0 Å². The number of hydrogen-bond acceptors (Lipinski definition) is 6. The minimum atomic E-state index is -0.755. The third kappa shape index (κ3) is 5.62. The Labute approximate surface area is 158 Å². The molecule has 6 heteroatoms. The van der Waals surface area contributed by atoms with E-state index in [9.17, 15) is 9.90 Å². The Bertz CT molecular complexity index is 887. The lowest BCUT2D eigenvalue weighted by molar-refractivity contribution is 0.202. The Kier molecular flexibility index (Phi) is 7.49. The summed E-state index contributed by atoms with van der Waals surface area (Å²) in [6, 6.07) is 4.81. The molecule has 0 saturated carbocycles. The molecule has 6 nitrogen and oxygen atoms in total. The summed E-state index contributed by atoms with van der Waals surface area (Å²) in [5.74, 6) is -0.276. The van der Waals surface area contributed by atoms with Crippen molar-refractivity contribution in [3.63, 3.8) is 0 Å². The zero-order valence-corrected chi connectivity index (χ0v) is 15.9. The average Bonchev–Trinajstić information content (AvgIpc) is 2.62. The molecule has 0 bridgehead atoms. The molecule has 2 N–H and O–H groups in total. The molecule has 0 atom stereocenters. The first-order valence-electron chi connectivity index (χ1n) is 8.88. The molecule has 0 aliphatic rings. The van der Waals surface area contributed by atoms with Gasteiger partial charge >= 0.3 is 5.63 Å². The Morgan fingerprint density at radius 1 is 1.19 bits per heavy atom. The Hall–Kier alpha value is -2.73. The lowest BCUT2D eigenvalue weighted by atomic mass is 10.1. The van der Waals surface area contributed by atoms with Gasteiger partial charge in [0.05, 0.1) is 6.61 Å². The summed E-state index contributed by atoms with van der Waals surface area (Å²) in [4.78, 5) is 12.1. The second-order valence-electron chi connectivity index (χ2n) is 6.45. The van der Waals surface area contributed by atoms with E-state index in [1.165, 1.54) is 5.57 Å². The Morgan fingerprint density at radius 2 is 1.96 bits per heavy atom. The second-order valence-corrected chi connectivity index (χ2v) is 6.45. The number of allylic oxidation sites excluding steroid dienone is 3. The van der Waals surface area contributed by atoms with Crippen LogP contribution in [0, 0.1) is 0 Å². The van der Waals surface area contributed by atoms with E-state index in [1.807, 2.05) is 13.0 Å². The molecule has 0 radical (unpaired) electrons. The van der Waals surface area contributed by atoms with Gasteiger partial charge in [-0.1, -0.05) is 23.3 Å². The fraction of sp³-hybridized carbons (Fsp3) is 0.381. The van der Waals surface area contributed by atoms with Crippen LogP contribution in [0.25, 0.3) is 11.0 Å².